The molecule has 0 atom stereocenters. The maximum Gasteiger partial charge on any atom is 0.158 e. The minimum atomic E-state index is 0.393. The standard InChI is InChI=1S/C17H27ClN4/c1-12(2)4-5-14-6-8-15(9-7-14)22-11-20-16(10-19)17(22)21-13(3)18/h11,14-15H,1,4-10,19H2,2-3H3. The van der Waals surface area contributed by atoms with E-state index in [-0.39, 0.29) is 0 Å². The lowest BCUT2D eigenvalue weighted by molar-refractivity contribution is 0.265. The summed E-state index contributed by atoms with van der Waals surface area (Å²) in [7, 11) is 0. The predicted molar refractivity (Wildman–Crippen MR) is 93.8 cm³/mol. The minimum Gasteiger partial charge on any atom is -0.325 e. The maximum absolute atomic E-state index is 5.96. The van der Waals surface area contributed by atoms with Crippen molar-refractivity contribution in [1.29, 1.82) is 0 Å². The molecule has 0 aromatic carbocycles. The summed E-state index contributed by atoms with van der Waals surface area (Å²) in [4.78, 5) is 8.84. The van der Waals surface area contributed by atoms with Crippen LogP contribution in [0.25, 0.3) is 0 Å². The number of halogens is 1. The Hall–Kier alpha value is -1.13. The van der Waals surface area contributed by atoms with Gasteiger partial charge in [-0.25, -0.2) is 9.98 Å². The van der Waals surface area contributed by atoms with E-state index < -0.39 is 0 Å². The second-order valence-electron chi connectivity index (χ2n) is 6.41. The Morgan fingerprint density at radius 1 is 1.41 bits per heavy atom. The van der Waals surface area contributed by atoms with E-state index in [9.17, 15) is 0 Å². The molecule has 2 rings (SSSR count). The zero-order valence-corrected chi connectivity index (χ0v) is 14.4. The van der Waals surface area contributed by atoms with Gasteiger partial charge in [-0.05, 0) is 58.3 Å². The van der Waals surface area contributed by atoms with Gasteiger partial charge in [-0.1, -0.05) is 17.2 Å². The highest BCUT2D eigenvalue weighted by molar-refractivity contribution is 6.65. The molecule has 22 heavy (non-hydrogen) atoms. The molecule has 0 aliphatic heterocycles. The van der Waals surface area contributed by atoms with Crippen LogP contribution in [0.2, 0.25) is 0 Å². The minimum absolute atomic E-state index is 0.393. The summed E-state index contributed by atoms with van der Waals surface area (Å²) in [6, 6.07) is 0.462. The largest absolute Gasteiger partial charge is 0.325 e. The molecule has 0 bridgehead atoms. The highest BCUT2D eigenvalue weighted by Crippen LogP contribution is 2.37. The molecule has 1 heterocycles. The normalized spacial score (nSPS) is 22.8. The number of aromatic nitrogens is 2. The van der Waals surface area contributed by atoms with Gasteiger partial charge < -0.3 is 10.3 Å². The SMILES string of the molecule is C=C(C)CCC1CCC(n2cnc(CN)c2N=C(C)Cl)CC1. The van der Waals surface area contributed by atoms with Gasteiger partial charge in [0.1, 0.15) is 5.17 Å². The van der Waals surface area contributed by atoms with E-state index in [1.165, 1.54) is 37.7 Å². The lowest BCUT2D eigenvalue weighted by Gasteiger charge is -2.30. The molecule has 1 aliphatic rings. The molecule has 0 amide bonds. The third kappa shape index (κ3) is 4.43. The first-order valence-corrected chi connectivity index (χ1v) is 8.50. The topological polar surface area (TPSA) is 56.2 Å². The predicted octanol–water partition coefficient (Wildman–Crippen LogP) is 4.72. The van der Waals surface area contributed by atoms with Crippen molar-refractivity contribution in [3.05, 3.63) is 24.2 Å². The van der Waals surface area contributed by atoms with Gasteiger partial charge in [0, 0.05) is 12.6 Å². The lowest BCUT2D eigenvalue weighted by Crippen LogP contribution is -2.18. The van der Waals surface area contributed by atoms with Crippen LogP contribution in [-0.4, -0.2) is 14.7 Å². The molecular formula is C17H27ClN4. The smallest absolute Gasteiger partial charge is 0.158 e. The second-order valence-corrected chi connectivity index (χ2v) is 6.95. The zero-order valence-electron chi connectivity index (χ0n) is 13.7. The number of hydrogen-bond donors (Lipinski definition) is 1. The van der Waals surface area contributed by atoms with Crippen LogP contribution in [0.3, 0.4) is 0 Å². The van der Waals surface area contributed by atoms with Crippen molar-refractivity contribution in [2.24, 2.45) is 16.6 Å². The molecular weight excluding hydrogens is 296 g/mol. The molecule has 1 saturated carbocycles. The average molecular weight is 323 g/mol. The number of allylic oxidation sites excluding steroid dienone is 1. The van der Waals surface area contributed by atoms with Crippen molar-refractivity contribution in [2.45, 2.75) is 65.0 Å². The zero-order chi connectivity index (χ0) is 16.1. The quantitative estimate of drug-likeness (QED) is 0.608. The van der Waals surface area contributed by atoms with Gasteiger partial charge in [-0.15, -0.1) is 6.58 Å². The van der Waals surface area contributed by atoms with E-state index in [2.05, 4.69) is 28.0 Å². The van der Waals surface area contributed by atoms with Crippen molar-refractivity contribution in [3.63, 3.8) is 0 Å². The first-order chi connectivity index (χ1) is 10.5. The molecule has 0 saturated heterocycles. The number of rotatable bonds is 6. The van der Waals surface area contributed by atoms with Gasteiger partial charge in [0.2, 0.25) is 0 Å². The number of imidazole rings is 1. The molecule has 0 radical (unpaired) electrons. The molecule has 1 aromatic rings. The van der Waals surface area contributed by atoms with Gasteiger partial charge in [-0.3, -0.25) is 0 Å². The van der Waals surface area contributed by atoms with E-state index in [0.717, 1.165) is 23.9 Å². The molecule has 4 nitrogen and oxygen atoms in total. The highest BCUT2D eigenvalue weighted by atomic mass is 35.5. The summed E-state index contributed by atoms with van der Waals surface area (Å²) in [6.07, 6.45) is 9.16. The Morgan fingerprint density at radius 3 is 2.64 bits per heavy atom. The summed E-state index contributed by atoms with van der Waals surface area (Å²) in [5.74, 6) is 1.66. The van der Waals surface area contributed by atoms with Crippen molar-refractivity contribution in [1.82, 2.24) is 9.55 Å². The molecule has 122 valence electrons. The van der Waals surface area contributed by atoms with Gasteiger partial charge in [0.15, 0.2) is 5.82 Å². The molecule has 5 heteroatoms. The summed E-state index contributed by atoms with van der Waals surface area (Å²) in [6.45, 7) is 8.30. The van der Waals surface area contributed by atoms with Crippen molar-refractivity contribution >= 4 is 22.6 Å². The van der Waals surface area contributed by atoms with Crippen LogP contribution < -0.4 is 5.73 Å². The Kier molecular flexibility index (Phi) is 6.21. The van der Waals surface area contributed by atoms with Crippen LogP contribution >= 0.6 is 11.6 Å². The van der Waals surface area contributed by atoms with Crippen LogP contribution in [0.15, 0.2) is 23.5 Å². The Morgan fingerprint density at radius 2 is 2.09 bits per heavy atom. The number of nitrogens with two attached hydrogens (primary N) is 1. The maximum atomic E-state index is 5.96. The molecule has 1 fully saturated rings. The van der Waals surface area contributed by atoms with Crippen LogP contribution in [-0.2, 0) is 6.54 Å². The van der Waals surface area contributed by atoms with Crippen LogP contribution in [0.1, 0.15) is 64.1 Å². The summed E-state index contributed by atoms with van der Waals surface area (Å²) >= 11 is 5.96. The van der Waals surface area contributed by atoms with E-state index in [1.807, 2.05) is 6.33 Å². The van der Waals surface area contributed by atoms with Gasteiger partial charge >= 0.3 is 0 Å². The van der Waals surface area contributed by atoms with Crippen LogP contribution in [0.4, 0.5) is 5.82 Å². The number of aliphatic imine (C=N–C) groups is 1. The van der Waals surface area contributed by atoms with Crippen molar-refractivity contribution in [2.75, 3.05) is 0 Å². The fraction of sp³-hybridized carbons (Fsp3) is 0.647. The summed E-state index contributed by atoms with van der Waals surface area (Å²) in [5.41, 5.74) is 7.88. The fourth-order valence-corrected chi connectivity index (χ4v) is 3.32. The van der Waals surface area contributed by atoms with Crippen LogP contribution in [0.5, 0.6) is 0 Å². The summed E-state index contributed by atoms with van der Waals surface area (Å²) < 4.78 is 2.17. The molecule has 1 aromatic heterocycles. The van der Waals surface area contributed by atoms with Crippen molar-refractivity contribution < 1.29 is 0 Å². The Balaban J connectivity index is 2.04. The molecule has 2 N–H and O–H groups in total. The average Bonchev–Trinajstić information content (AvgIpc) is 2.87. The van der Waals surface area contributed by atoms with Gasteiger partial charge in [0.05, 0.1) is 12.0 Å². The monoisotopic (exact) mass is 322 g/mol. The molecule has 1 aliphatic carbocycles. The Labute approximate surface area is 138 Å². The first-order valence-electron chi connectivity index (χ1n) is 8.12. The first kappa shape index (κ1) is 17.2. The third-order valence-electron chi connectivity index (χ3n) is 4.48. The van der Waals surface area contributed by atoms with Gasteiger partial charge in [-0.2, -0.15) is 0 Å². The van der Waals surface area contributed by atoms with Crippen LogP contribution in [0, 0.1) is 5.92 Å². The van der Waals surface area contributed by atoms with E-state index in [0.29, 0.717) is 17.8 Å². The second kappa shape index (κ2) is 7.93. The van der Waals surface area contributed by atoms with Gasteiger partial charge in [0.25, 0.3) is 0 Å². The summed E-state index contributed by atoms with van der Waals surface area (Å²) in [5, 5.41) is 0.520. The highest BCUT2D eigenvalue weighted by Gasteiger charge is 2.24. The van der Waals surface area contributed by atoms with E-state index in [4.69, 9.17) is 17.3 Å². The molecule has 0 spiro atoms. The molecule has 0 unspecified atom stereocenters. The Bertz CT molecular complexity index is 535. The lowest BCUT2D eigenvalue weighted by atomic mass is 9.83. The number of nitrogens with zero attached hydrogens (tertiary/aromatic N) is 3. The van der Waals surface area contributed by atoms with Crippen molar-refractivity contribution in [3.8, 4) is 0 Å². The fourth-order valence-electron chi connectivity index (χ4n) is 3.23. The third-order valence-corrected chi connectivity index (χ3v) is 4.57. The van der Waals surface area contributed by atoms with E-state index >= 15 is 0 Å². The number of hydrogen-bond acceptors (Lipinski definition) is 3. The van der Waals surface area contributed by atoms with E-state index in [1.54, 1.807) is 6.92 Å².